The average molecular weight is 415 g/mol. The number of piperazine rings is 1. The van der Waals surface area contributed by atoms with Gasteiger partial charge in [-0.15, -0.1) is 5.06 Å². The zero-order valence-electron chi connectivity index (χ0n) is 17.5. The molecule has 0 aromatic heterocycles. The summed E-state index contributed by atoms with van der Waals surface area (Å²) in [6.45, 7) is 6.11. The van der Waals surface area contributed by atoms with Crippen LogP contribution in [0.5, 0.6) is 0 Å². The van der Waals surface area contributed by atoms with Crippen molar-refractivity contribution >= 4 is 23.4 Å². The lowest BCUT2D eigenvalue weighted by Crippen LogP contribution is -2.51. The Labute approximate surface area is 176 Å². The van der Waals surface area contributed by atoms with Gasteiger partial charge in [0.2, 0.25) is 0 Å². The van der Waals surface area contributed by atoms with E-state index in [1.54, 1.807) is 16.0 Å². The van der Waals surface area contributed by atoms with Crippen molar-refractivity contribution in [3.05, 3.63) is 41.5 Å². The van der Waals surface area contributed by atoms with E-state index in [1.165, 1.54) is 6.92 Å². The Morgan fingerprint density at radius 2 is 1.93 bits per heavy atom. The van der Waals surface area contributed by atoms with Crippen molar-refractivity contribution in [1.82, 2.24) is 15.4 Å². The van der Waals surface area contributed by atoms with Crippen LogP contribution in [0, 0.1) is 0 Å². The molecule has 162 valence electrons. The Balaban J connectivity index is 1.57. The van der Waals surface area contributed by atoms with E-state index in [1.807, 2.05) is 24.3 Å². The molecule has 30 heavy (non-hydrogen) atoms. The summed E-state index contributed by atoms with van der Waals surface area (Å²) in [6.07, 6.45) is 3.17. The fraction of sp³-hybridized carbons (Fsp3) is 0.476. The van der Waals surface area contributed by atoms with Crippen LogP contribution in [0.25, 0.3) is 5.70 Å². The van der Waals surface area contributed by atoms with E-state index in [0.717, 1.165) is 36.2 Å². The third-order valence-electron chi connectivity index (χ3n) is 4.95. The van der Waals surface area contributed by atoms with Gasteiger partial charge in [-0.25, -0.2) is 0 Å². The normalized spacial score (nSPS) is 19.9. The number of rotatable bonds is 7. The molecule has 1 atom stereocenters. The predicted molar refractivity (Wildman–Crippen MR) is 113 cm³/mol. The van der Waals surface area contributed by atoms with Gasteiger partial charge in [0, 0.05) is 32.1 Å². The molecule has 0 spiro atoms. The number of benzene rings is 1. The highest BCUT2D eigenvalue weighted by Gasteiger charge is 2.31. The number of nitrogens with two attached hydrogens (primary N) is 1. The molecule has 2 aliphatic rings. The number of aliphatic imine (C=N–C) groups is 1. The maximum atomic E-state index is 12.7. The molecule has 9 heteroatoms. The van der Waals surface area contributed by atoms with Crippen LogP contribution in [0.1, 0.15) is 37.8 Å². The van der Waals surface area contributed by atoms with Crippen LogP contribution in [-0.2, 0) is 19.3 Å². The first-order valence-electron chi connectivity index (χ1n) is 10.2. The highest BCUT2D eigenvalue weighted by atomic mass is 16.7. The van der Waals surface area contributed by atoms with E-state index in [2.05, 4.69) is 17.4 Å². The third-order valence-corrected chi connectivity index (χ3v) is 4.95. The van der Waals surface area contributed by atoms with Gasteiger partial charge >= 0.3 is 5.97 Å². The molecule has 1 amide bonds. The van der Waals surface area contributed by atoms with Gasteiger partial charge in [-0.05, 0) is 18.1 Å². The summed E-state index contributed by atoms with van der Waals surface area (Å²) in [4.78, 5) is 40.4. The second kappa shape index (κ2) is 10.2. The fourth-order valence-electron chi connectivity index (χ4n) is 3.25. The Bertz CT molecular complexity index is 813. The number of hydrogen-bond acceptors (Lipinski definition) is 7. The number of carbonyl (C=O) groups excluding carboxylic acids is 2. The second-order valence-electron chi connectivity index (χ2n) is 7.26. The maximum Gasteiger partial charge on any atom is 0.322 e. The third kappa shape index (κ3) is 5.58. The first-order chi connectivity index (χ1) is 14.5. The zero-order valence-corrected chi connectivity index (χ0v) is 17.5. The van der Waals surface area contributed by atoms with E-state index < -0.39 is 6.10 Å². The molecular weight excluding hydrogens is 386 g/mol. The lowest BCUT2D eigenvalue weighted by molar-refractivity contribution is -0.196. The summed E-state index contributed by atoms with van der Waals surface area (Å²) in [5, 5.41) is 1.57. The van der Waals surface area contributed by atoms with E-state index in [9.17, 15) is 9.59 Å². The standard InChI is InChI=1S/C21H29N5O4/c1-3-4-9-23-20(22)17-7-5-16(6-8-17)18-14-19(29-24-18)21(28)25-10-12-26(13-11-25)30-15(2)27/h5-8,14,19,24H,3-4,9-13H2,1-2H3,(H2,22,23). The number of carbonyl (C=O) groups is 2. The first kappa shape index (κ1) is 21.8. The number of hydroxylamine groups is 3. The Kier molecular flexibility index (Phi) is 7.42. The van der Waals surface area contributed by atoms with Crippen molar-refractivity contribution in [3.63, 3.8) is 0 Å². The van der Waals surface area contributed by atoms with Crippen molar-refractivity contribution < 1.29 is 19.3 Å². The Morgan fingerprint density at radius 3 is 2.57 bits per heavy atom. The number of amides is 1. The van der Waals surface area contributed by atoms with Crippen LogP contribution in [0.3, 0.4) is 0 Å². The SMILES string of the molecule is CCCCN=C(N)c1ccc(C2=CC(C(=O)N3CCN(OC(C)=O)CC3)ON2)cc1. The summed E-state index contributed by atoms with van der Waals surface area (Å²) in [7, 11) is 0. The summed E-state index contributed by atoms with van der Waals surface area (Å²) in [5.74, 6) is 0.0511. The molecule has 1 aromatic carbocycles. The topological polar surface area (TPSA) is 109 Å². The Hall–Kier alpha value is -2.91. The summed E-state index contributed by atoms with van der Waals surface area (Å²) >= 11 is 0. The molecule has 9 nitrogen and oxygen atoms in total. The van der Waals surface area contributed by atoms with Crippen molar-refractivity contribution in [1.29, 1.82) is 0 Å². The van der Waals surface area contributed by atoms with Crippen molar-refractivity contribution in [2.24, 2.45) is 10.7 Å². The molecule has 1 unspecified atom stereocenters. The van der Waals surface area contributed by atoms with Gasteiger partial charge in [-0.3, -0.25) is 24.9 Å². The molecule has 0 aliphatic carbocycles. The number of nitrogens with one attached hydrogen (secondary N) is 1. The monoisotopic (exact) mass is 415 g/mol. The van der Waals surface area contributed by atoms with Crippen LogP contribution in [-0.4, -0.2) is 66.5 Å². The van der Waals surface area contributed by atoms with Gasteiger partial charge in [0.15, 0.2) is 6.10 Å². The molecule has 0 saturated carbocycles. The molecule has 3 N–H and O–H groups in total. The molecule has 2 heterocycles. The van der Waals surface area contributed by atoms with Gasteiger partial charge in [-0.2, -0.15) is 0 Å². The molecule has 3 rings (SSSR count). The smallest absolute Gasteiger partial charge is 0.322 e. The number of hydrogen-bond donors (Lipinski definition) is 2. The van der Waals surface area contributed by atoms with Gasteiger partial charge in [0.25, 0.3) is 5.91 Å². The zero-order chi connectivity index (χ0) is 21.5. The number of nitrogens with zero attached hydrogens (tertiary/aromatic N) is 3. The fourth-order valence-corrected chi connectivity index (χ4v) is 3.25. The highest BCUT2D eigenvalue weighted by molar-refractivity contribution is 5.97. The molecule has 1 aromatic rings. The van der Waals surface area contributed by atoms with Crippen LogP contribution >= 0.6 is 0 Å². The van der Waals surface area contributed by atoms with Crippen molar-refractivity contribution in [2.45, 2.75) is 32.8 Å². The largest absolute Gasteiger partial charge is 0.384 e. The number of unbranched alkanes of at least 4 members (excludes halogenated alkanes) is 1. The lowest BCUT2D eigenvalue weighted by atomic mass is 10.1. The van der Waals surface area contributed by atoms with Gasteiger partial charge < -0.3 is 15.5 Å². The minimum Gasteiger partial charge on any atom is -0.384 e. The lowest BCUT2D eigenvalue weighted by Gasteiger charge is -2.33. The van der Waals surface area contributed by atoms with Gasteiger partial charge in [0.05, 0.1) is 18.8 Å². The van der Waals surface area contributed by atoms with Crippen molar-refractivity contribution in [2.75, 3.05) is 32.7 Å². The molecule has 1 saturated heterocycles. The van der Waals surface area contributed by atoms with Crippen molar-refractivity contribution in [3.8, 4) is 0 Å². The summed E-state index contributed by atoms with van der Waals surface area (Å²) in [6, 6.07) is 7.66. The quantitative estimate of drug-likeness (QED) is 0.389. The second-order valence-corrected chi connectivity index (χ2v) is 7.26. The van der Waals surface area contributed by atoms with Crippen LogP contribution in [0.2, 0.25) is 0 Å². The van der Waals surface area contributed by atoms with Crippen LogP contribution in [0.15, 0.2) is 35.3 Å². The molecular formula is C21H29N5O4. The Morgan fingerprint density at radius 1 is 1.23 bits per heavy atom. The molecule has 1 fully saturated rings. The van der Waals surface area contributed by atoms with Gasteiger partial charge in [-0.1, -0.05) is 37.6 Å². The summed E-state index contributed by atoms with van der Waals surface area (Å²) < 4.78 is 0. The first-order valence-corrected chi connectivity index (χ1v) is 10.2. The van der Waals surface area contributed by atoms with E-state index in [4.69, 9.17) is 15.4 Å². The predicted octanol–water partition coefficient (Wildman–Crippen LogP) is 1.06. The van der Waals surface area contributed by atoms with E-state index in [-0.39, 0.29) is 11.9 Å². The maximum absolute atomic E-state index is 12.7. The van der Waals surface area contributed by atoms with Crippen LogP contribution < -0.4 is 11.2 Å². The average Bonchev–Trinajstić information content (AvgIpc) is 3.24. The highest BCUT2D eigenvalue weighted by Crippen LogP contribution is 2.20. The number of amidine groups is 1. The molecule has 0 radical (unpaired) electrons. The summed E-state index contributed by atoms with van der Waals surface area (Å²) in [5.41, 5.74) is 11.4. The minimum absolute atomic E-state index is 0.121. The van der Waals surface area contributed by atoms with E-state index in [0.29, 0.717) is 32.0 Å². The van der Waals surface area contributed by atoms with Crippen LogP contribution in [0.4, 0.5) is 0 Å². The molecule has 2 aliphatic heterocycles. The molecule has 0 bridgehead atoms. The minimum atomic E-state index is -0.694. The van der Waals surface area contributed by atoms with Gasteiger partial charge in [0.1, 0.15) is 5.84 Å². The van der Waals surface area contributed by atoms with E-state index >= 15 is 0 Å².